The Bertz CT molecular complexity index is 217. The van der Waals surface area contributed by atoms with Crippen molar-refractivity contribution in [2.45, 2.75) is 25.4 Å². The number of likely N-dealkylation sites (N-methyl/N-ethyl adjacent to an activating group) is 1. The Morgan fingerprint density at radius 3 is 2.59 bits per heavy atom. The monoisotopic (exact) mass is 241 g/mol. The molecule has 1 aliphatic carbocycles. The van der Waals surface area contributed by atoms with Crippen LogP contribution in [0.4, 0.5) is 0 Å². The Kier molecular flexibility index (Phi) is 5.22. The lowest BCUT2D eigenvalue weighted by molar-refractivity contribution is 0.154. The van der Waals surface area contributed by atoms with Crippen LogP contribution in [-0.2, 0) is 0 Å². The van der Waals surface area contributed by atoms with Crippen LogP contribution in [0.3, 0.4) is 0 Å². The second-order valence-corrected chi connectivity index (χ2v) is 5.68. The van der Waals surface area contributed by atoms with Crippen molar-refractivity contribution in [2.24, 2.45) is 5.92 Å². The average Bonchev–Trinajstić information content (AvgIpc) is 2.73. The summed E-state index contributed by atoms with van der Waals surface area (Å²) in [5.41, 5.74) is 0. The molecular weight excluding hydrogens is 214 g/mol. The first-order valence-corrected chi connectivity index (χ1v) is 7.03. The molecule has 1 heterocycles. The molecule has 0 radical (unpaired) electrons. The highest BCUT2D eigenvalue weighted by molar-refractivity contribution is 4.76. The summed E-state index contributed by atoms with van der Waals surface area (Å²) in [6, 6.07) is 0. The smallest absolute Gasteiger partial charge is 0.0543 e. The van der Waals surface area contributed by atoms with Gasteiger partial charge in [-0.1, -0.05) is 0 Å². The molecule has 0 amide bonds. The van der Waals surface area contributed by atoms with Gasteiger partial charge < -0.3 is 15.3 Å². The van der Waals surface area contributed by atoms with Crippen LogP contribution in [-0.4, -0.2) is 73.9 Å². The lowest BCUT2D eigenvalue weighted by Gasteiger charge is -2.32. The van der Waals surface area contributed by atoms with Crippen LogP contribution in [0.5, 0.6) is 0 Å². The molecule has 17 heavy (non-hydrogen) atoms. The van der Waals surface area contributed by atoms with Crippen molar-refractivity contribution >= 4 is 0 Å². The third kappa shape index (κ3) is 4.54. The summed E-state index contributed by atoms with van der Waals surface area (Å²) in [5, 5.41) is 13.0. The molecule has 1 aliphatic heterocycles. The molecule has 2 rings (SSSR count). The zero-order chi connectivity index (χ0) is 12.1. The second-order valence-electron chi connectivity index (χ2n) is 5.68. The maximum absolute atomic E-state index is 9.44. The van der Waals surface area contributed by atoms with Crippen LogP contribution in [0.15, 0.2) is 0 Å². The molecule has 4 heteroatoms. The van der Waals surface area contributed by atoms with Gasteiger partial charge in [0.2, 0.25) is 0 Å². The normalized spacial score (nSPS) is 32.1. The predicted octanol–water partition coefficient (Wildman–Crippen LogP) is -0.0156. The maximum atomic E-state index is 9.44. The van der Waals surface area contributed by atoms with Gasteiger partial charge in [-0.05, 0) is 38.8 Å². The van der Waals surface area contributed by atoms with E-state index in [1.807, 2.05) is 0 Å². The largest absolute Gasteiger partial charge is 0.393 e. The van der Waals surface area contributed by atoms with Gasteiger partial charge in [0.05, 0.1) is 6.10 Å². The minimum Gasteiger partial charge on any atom is -0.393 e. The minimum absolute atomic E-state index is 0.0283. The molecule has 0 aromatic carbocycles. The summed E-state index contributed by atoms with van der Waals surface area (Å²) in [7, 11) is 2.20. The molecule has 0 aromatic heterocycles. The number of nitrogens with one attached hydrogen (secondary N) is 1. The van der Waals surface area contributed by atoms with Crippen molar-refractivity contribution in [3.63, 3.8) is 0 Å². The molecule has 2 unspecified atom stereocenters. The zero-order valence-corrected chi connectivity index (χ0v) is 11.1. The van der Waals surface area contributed by atoms with Crippen molar-refractivity contribution < 1.29 is 5.11 Å². The number of piperazine rings is 1. The van der Waals surface area contributed by atoms with E-state index in [9.17, 15) is 5.11 Å². The summed E-state index contributed by atoms with van der Waals surface area (Å²) in [6.45, 7) is 8.18. The first-order chi connectivity index (χ1) is 8.24. The van der Waals surface area contributed by atoms with Crippen LogP contribution in [0.1, 0.15) is 19.3 Å². The molecule has 1 saturated heterocycles. The van der Waals surface area contributed by atoms with E-state index < -0.39 is 0 Å². The van der Waals surface area contributed by atoms with Crippen molar-refractivity contribution in [3.8, 4) is 0 Å². The van der Waals surface area contributed by atoms with Crippen LogP contribution in [0.25, 0.3) is 0 Å². The summed E-state index contributed by atoms with van der Waals surface area (Å²) < 4.78 is 0. The Morgan fingerprint density at radius 2 is 1.94 bits per heavy atom. The molecule has 4 nitrogen and oxygen atoms in total. The Balaban J connectivity index is 1.49. The highest BCUT2D eigenvalue weighted by Gasteiger charge is 2.22. The summed E-state index contributed by atoms with van der Waals surface area (Å²) in [4.78, 5) is 4.93. The molecule has 2 N–H and O–H groups in total. The van der Waals surface area contributed by atoms with E-state index >= 15 is 0 Å². The zero-order valence-electron chi connectivity index (χ0n) is 11.1. The molecule has 2 atom stereocenters. The average molecular weight is 241 g/mol. The van der Waals surface area contributed by atoms with Gasteiger partial charge in [-0.2, -0.15) is 0 Å². The molecule has 1 saturated carbocycles. The van der Waals surface area contributed by atoms with E-state index in [0.29, 0.717) is 5.92 Å². The van der Waals surface area contributed by atoms with E-state index in [1.165, 1.54) is 39.1 Å². The second kappa shape index (κ2) is 6.69. The van der Waals surface area contributed by atoms with Crippen molar-refractivity contribution in [1.82, 2.24) is 15.1 Å². The fourth-order valence-corrected chi connectivity index (χ4v) is 2.85. The quantitative estimate of drug-likeness (QED) is 0.664. The summed E-state index contributed by atoms with van der Waals surface area (Å²) >= 11 is 0. The van der Waals surface area contributed by atoms with Crippen LogP contribution in [0.2, 0.25) is 0 Å². The van der Waals surface area contributed by atoms with Crippen LogP contribution in [0, 0.1) is 5.92 Å². The molecule has 0 aromatic rings. The maximum Gasteiger partial charge on any atom is 0.0543 e. The first kappa shape index (κ1) is 13.3. The number of nitrogens with zero attached hydrogens (tertiary/aromatic N) is 2. The number of aliphatic hydroxyl groups excluding tert-OH is 1. The molecule has 2 aliphatic rings. The lowest BCUT2D eigenvalue weighted by Crippen LogP contribution is -2.46. The van der Waals surface area contributed by atoms with Crippen molar-refractivity contribution in [1.29, 1.82) is 0 Å². The fraction of sp³-hybridized carbons (Fsp3) is 1.00. The standard InChI is InChI=1S/C13H27N3O/c1-15-6-8-16(9-7-15)5-4-14-11-12-2-3-13(17)10-12/h12-14,17H,2-11H2,1H3. The third-order valence-corrected chi connectivity index (χ3v) is 4.15. The molecule has 0 bridgehead atoms. The number of rotatable bonds is 5. The van der Waals surface area contributed by atoms with E-state index in [-0.39, 0.29) is 6.10 Å². The first-order valence-electron chi connectivity index (χ1n) is 7.03. The predicted molar refractivity (Wildman–Crippen MR) is 70.2 cm³/mol. The van der Waals surface area contributed by atoms with E-state index in [1.54, 1.807) is 0 Å². The van der Waals surface area contributed by atoms with Gasteiger partial charge in [0.1, 0.15) is 0 Å². The minimum atomic E-state index is -0.0283. The van der Waals surface area contributed by atoms with Gasteiger partial charge in [-0.15, -0.1) is 0 Å². The topological polar surface area (TPSA) is 38.7 Å². The molecular formula is C13H27N3O. The van der Waals surface area contributed by atoms with Crippen LogP contribution >= 0.6 is 0 Å². The number of hydrogen-bond acceptors (Lipinski definition) is 4. The Hall–Kier alpha value is -0.160. The molecule has 2 fully saturated rings. The third-order valence-electron chi connectivity index (χ3n) is 4.15. The van der Waals surface area contributed by atoms with Gasteiger partial charge >= 0.3 is 0 Å². The Labute approximate surface area is 105 Å². The summed E-state index contributed by atoms with van der Waals surface area (Å²) in [6.07, 6.45) is 3.18. The van der Waals surface area contributed by atoms with Gasteiger partial charge in [0, 0.05) is 39.3 Å². The van der Waals surface area contributed by atoms with E-state index in [0.717, 1.165) is 25.9 Å². The van der Waals surface area contributed by atoms with Gasteiger partial charge in [0.25, 0.3) is 0 Å². The van der Waals surface area contributed by atoms with Crippen LogP contribution < -0.4 is 5.32 Å². The van der Waals surface area contributed by atoms with Crippen molar-refractivity contribution in [3.05, 3.63) is 0 Å². The highest BCUT2D eigenvalue weighted by atomic mass is 16.3. The Morgan fingerprint density at radius 1 is 1.18 bits per heavy atom. The number of aliphatic hydroxyl groups is 1. The molecule has 100 valence electrons. The van der Waals surface area contributed by atoms with Gasteiger partial charge in [-0.3, -0.25) is 4.90 Å². The van der Waals surface area contributed by atoms with Gasteiger partial charge in [0.15, 0.2) is 0 Å². The highest BCUT2D eigenvalue weighted by Crippen LogP contribution is 2.24. The summed E-state index contributed by atoms with van der Waals surface area (Å²) in [5.74, 6) is 0.706. The van der Waals surface area contributed by atoms with E-state index in [2.05, 4.69) is 22.2 Å². The van der Waals surface area contributed by atoms with E-state index in [4.69, 9.17) is 0 Å². The molecule has 0 spiro atoms. The van der Waals surface area contributed by atoms with Gasteiger partial charge in [-0.25, -0.2) is 0 Å². The fourth-order valence-electron chi connectivity index (χ4n) is 2.85. The van der Waals surface area contributed by atoms with Crippen molar-refractivity contribution in [2.75, 3.05) is 52.9 Å². The lowest BCUT2D eigenvalue weighted by atomic mass is 10.1. The number of hydrogen-bond donors (Lipinski definition) is 2. The SMILES string of the molecule is CN1CCN(CCNCC2CCC(O)C2)CC1.